The number of carbonyl (C=O) groups is 1. The van der Waals surface area contributed by atoms with Crippen LogP contribution in [0.1, 0.15) is 67.0 Å². The molecule has 1 aromatic rings. The zero-order valence-corrected chi connectivity index (χ0v) is 12.9. The average Bonchev–Trinajstić information content (AvgIpc) is 3.17. The van der Waals surface area contributed by atoms with Crippen molar-refractivity contribution in [1.29, 1.82) is 0 Å². The van der Waals surface area contributed by atoms with Gasteiger partial charge in [-0.1, -0.05) is 12.8 Å². The van der Waals surface area contributed by atoms with Crippen molar-refractivity contribution in [3.8, 4) is 0 Å². The van der Waals surface area contributed by atoms with Crippen molar-refractivity contribution >= 4 is 17.2 Å². The number of rotatable bonds is 3. The van der Waals surface area contributed by atoms with Crippen molar-refractivity contribution < 1.29 is 4.79 Å². The molecule has 0 aromatic carbocycles. The van der Waals surface area contributed by atoms with Gasteiger partial charge in [-0.15, -0.1) is 11.3 Å². The molecule has 1 aliphatic carbocycles. The Labute approximate surface area is 124 Å². The van der Waals surface area contributed by atoms with Crippen LogP contribution in [0.4, 0.5) is 0 Å². The highest BCUT2D eigenvalue weighted by Crippen LogP contribution is 2.36. The molecule has 2 unspecified atom stereocenters. The molecular weight excluding hydrogens is 270 g/mol. The number of carbonyl (C=O) groups excluding carboxylic acids is 1. The van der Waals surface area contributed by atoms with E-state index in [4.69, 9.17) is 5.73 Å². The summed E-state index contributed by atoms with van der Waals surface area (Å²) < 4.78 is 0. The number of aromatic nitrogens is 1. The fourth-order valence-corrected chi connectivity index (χ4v) is 4.37. The third-order valence-corrected chi connectivity index (χ3v) is 5.68. The van der Waals surface area contributed by atoms with Crippen molar-refractivity contribution in [3.63, 3.8) is 0 Å². The largest absolute Gasteiger partial charge is 0.334 e. The summed E-state index contributed by atoms with van der Waals surface area (Å²) in [5.41, 5.74) is 6.42. The Morgan fingerprint density at radius 1 is 1.40 bits per heavy atom. The fourth-order valence-electron chi connectivity index (χ4n) is 3.62. The van der Waals surface area contributed by atoms with Gasteiger partial charge in [0.05, 0.1) is 6.04 Å². The number of hydrogen-bond donors (Lipinski definition) is 1. The molecule has 0 radical (unpaired) electrons. The molecule has 2 aliphatic rings. The van der Waals surface area contributed by atoms with E-state index < -0.39 is 0 Å². The minimum absolute atomic E-state index is 0.0919. The normalized spacial score (nSPS) is 25.3. The topological polar surface area (TPSA) is 59.2 Å². The predicted octanol–water partition coefficient (Wildman–Crippen LogP) is 2.96. The number of amides is 1. The van der Waals surface area contributed by atoms with E-state index in [0.717, 1.165) is 18.0 Å². The molecule has 0 bridgehead atoms. The second-order valence-electron chi connectivity index (χ2n) is 6.11. The number of nitrogens with zero attached hydrogens (tertiary/aromatic N) is 2. The minimum atomic E-state index is -0.0919. The molecule has 1 amide bonds. The summed E-state index contributed by atoms with van der Waals surface area (Å²) in [4.78, 5) is 19.2. The fraction of sp³-hybridized carbons (Fsp3) is 0.733. The van der Waals surface area contributed by atoms with Gasteiger partial charge in [-0.25, -0.2) is 4.98 Å². The van der Waals surface area contributed by atoms with Gasteiger partial charge in [0.1, 0.15) is 10.7 Å². The summed E-state index contributed by atoms with van der Waals surface area (Å²) in [5.74, 6) is 0.829. The third kappa shape index (κ3) is 2.61. The van der Waals surface area contributed by atoms with Crippen molar-refractivity contribution in [2.24, 2.45) is 11.7 Å². The van der Waals surface area contributed by atoms with Crippen LogP contribution in [0, 0.1) is 5.92 Å². The van der Waals surface area contributed by atoms with Crippen LogP contribution in [0.25, 0.3) is 0 Å². The zero-order chi connectivity index (χ0) is 14.1. The average molecular weight is 293 g/mol. The van der Waals surface area contributed by atoms with Gasteiger partial charge >= 0.3 is 0 Å². The molecule has 1 aliphatic heterocycles. The van der Waals surface area contributed by atoms with E-state index in [1.54, 1.807) is 0 Å². The Bertz CT molecular complexity index is 479. The molecule has 1 aromatic heterocycles. The highest BCUT2D eigenvalue weighted by molar-refractivity contribution is 7.09. The molecule has 110 valence electrons. The Morgan fingerprint density at radius 2 is 2.15 bits per heavy atom. The molecule has 0 spiro atoms. The molecule has 2 fully saturated rings. The van der Waals surface area contributed by atoms with Gasteiger partial charge in [-0.3, -0.25) is 4.79 Å². The number of nitrogens with two attached hydrogens (primary N) is 1. The van der Waals surface area contributed by atoms with Crippen LogP contribution >= 0.6 is 11.3 Å². The smallest absolute Gasteiger partial charge is 0.273 e. The summed E-state index contributed by atoms with van der Waals surface area (Å²) in [5, 5.41) is 2.72. The maximum atomic E-state index is 12.7. The van der Waals surface area contributed by atoms with Gasteiger partial charge in [0.15, 0.2) is 0 Å². The van der Waals surface area contributed by atoms with Crippen molar-refractivity contribution in [2.75, 3.05) is 6.54 Å². The molecule has 4 nitrogen and oxygen atoms in total. The second kappa shape index (κ2) is 5.82. The summed E-state index contributed by atoms with van der Waals surface area (Å²) in [6.45, 7) is 2.80. The van der Waals surface area contributed by atoms with E-state index in [-0.39, 0.29) is 11.9 Å². The van der Waals surface area contributed by atoms with Gasteiger partial charge in [0.2, 0.25) is 0 Å². The first-order valence-corrected chi connectivity index (χ1v) is 8.56. The highest BCUT2D eigenvalue weighted by Gasteiger charge is 2.36. The number of likely N-dealkylation sites (tertiary alicyclic amines) is 1. The maximum Gasteiger partial charge on any atom is 0.273 e. The second-order valence-corrected chi connectivity index (χ2v) is 7.00. The molecule has 2 atom stereocenters. The van der Waals surface area contributed by atoms with Crippen LogP contribution in [0.3, 0.4) is 0 Å². The molecular formula is C15H23N3OS. The van der Waals surface area contributed by atoms with Crippen molar-refractivity contribution in [2.45, 2.75) is 57.5 Å². The molecule has 2 N–H and O–H groups in total. The van der Waals surface area contributed by atoms with Gasteiger partial charge in [-0.05, 0) is 38.5 Å². The summed E-state index contributed by atoms with van der Waals surface area (Å²) in [7, 11) is 0. The van der Waals surface area contributed by atoms with E-state index in [0.29, 0.717) is 17.7 Å². The first-order chi connectivity index (χ1) is 9.66. The van der Waals surface area contributed by atoms with E-state index in [9.17, 15) is 4.79 Å². The zero-order valence-electron chi connectivity index (χ0n) is 12.0. The Kier molecular flexibility index (Phi) is 4.08. The van der Waals surface area contributed by atoms with Gasteiger partial charge in [0.25, 0.3) is 5.91 Å². The Hall–Kier alpha value is -0.940. The number of hydrogen-bond acceptors (Lipinski definition) is 4. The lowest BCUT2D eigenvalue weighted by atomic mass is 9.96. The molecule has 5 heteroatoms. The maximum absolute atomic E-state index is 12.7. The lowest BCUT2D eigenvalue weighted by molar-refractivity contribution is 0.0683. The van der Waals surface area contributed by atoms with Crippen molar-refractivity contribution in [1.82, 2.24) is 9.88 Å². The van der Waals surface area contributed by atoms with Gasteiger partial charge < -0.3 is 10.6 Å². The molecule has 2 heterocycles. The molecule has 3 rings (SSSR count). The van der Waals surface area contributed by atoms with E-state index >= 15 is 0 Å². The van der Waals surface area contributed by atoms with Crippen LogP contribution in [0.5, 0.6) is 0 Å². The monoisotopic (exact) mass is 293 g/mol. The summed E-state index contributed by atoms with van der Waals surface area (Å²) in [6.07, 6.45) is 7.54. The van der Waals surface area contributed by atoms with Gasteiger partial charge in [-0.2, -0.15) is 0 Å². The summed E-state index contributed by atoms with van der Waals surface area (Å²) in [6, 6.07) is 0.358. The Balaban J connectivity index is 1.74. The van der Waals surface area contributed by atoms with Crippen molar-refractivity contribution in [3.05, 3.63) is 16.1 Å². The minimum Gasteiger partial charge on any atom is -0.334 e. The highest BCUT2D eigenvalue weighted by atomic mass is 32.1. The lowest BCUT2D eigenvalue weighted by Crippen LogP contribution is -2.39. The van der Waals surface area contributed by atoms with Crippen LogP contribution in [-0.2, 0) is 0 Å². The Morgan fingerprint density at radius 3 is 2.80 bits per heavy atom. The molecule has 1 saturated heterocycles. The standard InChI is InChI=1S/C15H23N3OS/c1-10(16)14-17-12(9-20-14)15(19)18-8-4-7-13(18)11-5-2-3-6-11/h9-11,13H,2-8,16H2,1H3. The predicted molar refractivity (Wildman–Crippen MR) is 80.7 cm³/mol. The first kappa shape index (κ1) is 14.0. The van der Waals surface area contributed by atoms with E-state index in [1.807, 2.05) is 12.3 Å². The van der Waals surface area contributed by atoms with Crippen LogP contribution in [-0.4, -0.2) is 28.4 Å². The molecule has 20 heavy (non-hydrogen) atoms. The van der Waals surface area contributed by atoms with Gasteiger partial charge in [0, 0.05) is 18.0 Å². The van der Waals surface area contributed by atoms with Crippen LogP contribution in [0.2, 0.25) is 0 Å². The summed E-state index contributed by atoms with van der Waals surface area (Å²) >= 11 is 1.49. The van der Waals surface area contributed by atoms with Crippen LogP contribution in [0.15, 0.2) is 5.38 Å². The lowest BCUT2D eigenvalue weighted by Gasteiger charge is -2.28. The first-order valence-electron chi connectivity index (χ1n) is 7.69. The van der Waals surface area contributed by atoms with E-state index in [2.05, 4.69) is 9.88 Å². The third-order valence-electron chi connectivity index (χ3n) is 4.63. The number of thiazole rings is 1. The van der Waals surface area contributed by atoms with Crippen LogP contribution < -0.4 is 5.73 Å². The SMILES string of the molecule is CC(N)c1nc(C(=O)N2CCCC2C2CCCC2)cs1. The molecule has 1 saturated carbocycles. The quantitative estimate of drug-likeness (QED) is 0.932. The van der Waals surface area contributed by atoms with E-state index in [1.165, 1.54) is 43.4 Å².